The maximum Gasteiger partial charge on any atom is 0.0720 e. The van der Waals surface area contributed by atoms with Crippen molar-refractivity contribution in [2.45, 2.75) is 0 Å². The average Bonchev–Trinajstić information content (AvgIpc) is 2.34. The Labute approximate surface area is 58.1 Å². The molecule has 2 aromatic rings. The first-order valence-electron chi connectivity index (χ1n) is 3.04. The molecule has 2 N–H and O–H groups in total. The van der Waals surface area contributed by atoms with E-state index in [0.29, 0.717) is 0 Å². The molecule has 0 saturated heterocycles. The average molecular weight is 133 g/mol. The lowest BCUT2D eigenvalue weighted by Gasteiger charge is -1.92. The predicted octanol–water partition coefficient (Wildman–Crippen LogP) is 0.750. The van der Waals surface area contributed by atoms with E-state index in [1.165, 1.54) is 0 Å². The molecule has 10 heavy (non-hydrogen) atoms. The van der Waals surface area contributed by atoms with E-state index in [1.807, 2.05) is 18.3 Å². The van der Waals surface area contributed by atoms with Gasteiger partial charge >= 0.3 is 0 Å². The highest BCUT2D eigenvalue weighted by Gasteiger charge is 1.93. The van der Waals surface area contributed by atoms with E-state index in [2.05, 4.69) is 4.98 Å². The first-order chi connectivity index (χ1) is 4.88. The van der Waals surface area contributed by atoms with Crippen molar-refractivity contribution in [1.82, 2.24) is 9.66 Å². The van der Waals surface area contributed by atoms with Crippen LogP contribution < -0.4 is 5.84 Å². The quantitative estimate of drug-likeness (QED) is 0.539. The molecule has 2 rings (SSSR count). The second kappa shape index (κ2) is 1.73. The zero-order chi connectivity index (χ0) is 6.97. The van der Waals surface area contributed by atoms with Crippen molar-refractivity contribution < 1.29 is 0 Å². The van der Waals surface area contributed by atoms with Gasteiger partial charge in [-0.1, -0.05) is 0 Å². The zero-order valence-electron chi connectivity index (χ0n) is 5.36. The third kappa shape index (κ3) is 0.572. The highest BCUT2D eigenvalue weighted by molar-refractivity contribution is 5.78. The minimum Gasteiger partial charge on any atom is -0.339 e. The van der Waals surface area contributed by atoms with Crippen LogP contribution in [0.5, 0.6) is 0 Å². The Morgan fingerprint density at radius 2 is 2.30 bits per heavy atom. The number of nitrogen functional groups attached to an aromatic ring is 1. The van der Waals surface area contributed by atoms with E-state index in [1.54, 1.807) is 17.1 Å². The van der Waals surface area contributed by atoms with Crippen molar-refractivity contribution in [2.24, 2.45) is 0 Å². The summed E-state index contributed by atoms with van der Waals surface area (Å²) in [4.78, 5) is 3.96. The van der Waals surface area contributed by atoms with Crippen LogP contribution in [0.15, 0.2) is 30.7 Å². The van der Waals surface area contributed by atoms with Gasteiger partial charge in [0, 0.05) is 24.0 Å². The van der Waals surface area contributed by atoms with E-state index >= 15 is 0 Å². The van der Waals surface area contributed by atoms with Gasteiger partial charge in [0.05, 0.1) is 5.52 Å². The molecule has 0 aliphatic rings. The van der Waals surface area contributed by atoms with Gasteiger partial charge in [-0.3, -0.25) is 9.66 Å². The number of pyridine rings is 1. The van der Waals surface area contributed by atoms with Gasteiger partial charge in [-0.05, 0) is 12.1 Å². The number of nitrogens with zero attached hydrogens (tertiary/aromatic N) is 2. The Bertz CT molecular complexity index is 350. The lowest BCUT2D eigenvalue weighted by Crippen LogP contribution is -2.04. The number of nitrogens with two attached hydrogens (primary N) is 1. The molecular formula is C7H7N3. The summed E-state index contributed by atoms with van der Waals surface area (Å²) in [5, 5.41) is 1.07. The minimum absolute atomic E-state index is 1.01. The van der Waals surface area contributed by atoms with Crippen molar-refractivity contribution in [3.8, 4) is 0 Å². The summed E-state index contributed by atoms with van der Waals surface area (Å²) in [6.07, 6.45) is 5.33. The van der Waals surface area contributed by atoms with Gasteiger partial charge < -0.3 is 5.84 Å². The van der Waals surface area contributed by atoms with Crippen LogP contribution in [0, 0.1) is 0 Å². The minimum atomic E-state index is 1.01. The second-order valence-corrected chi connectivity index (χ2v) is 2.16. The van der Waals surface area contributed by atoms with Crippen LogP contribution in [0.4, 0.5) is 0 Å². The van der Waals surface area contributed by atoms with Crippen molar-refractivity contribution >= 4 is 10.9 Å². The van der Waals surface area contributed by atoms with Crippen LogP contribution in [0.25, 0.3) is 10.9 Å². The maximum atomic E-state index is 5.57. The van der Waals surface area contributed by atoms with Crippen molar-refractivity contribution in [2.75, 3.05) is 5.84 Å². The Morgan fingerprint density at radius 3 is 3.10 bits per heavy atom. The highest BCUT2D eigenvalue weighted by atomic mass is 15.3. The number of hydrogen-bond acceptors (Lipinski definition) is 2. The van der Waals surface area contributed by atoms with E-state index in [9.17, 15) is 0 Å². The Morgan fingerprint density at radius 1 is 1.40 bits per heavy atom. The van der Waals surface area contributed by atoms with E-state index in [0.717, 1.165) is 10.9 Å². The van der Waals surface area contributed by atoms with Gasteiger partial charge in [0.2, 0.25) is 0 Å². The van der Waals surface area contributed by atoms with Gasteiger partial charge in [-0.2, -0.15) is 0 Å². The van der Waals surface area contributed by atoms with Crippen LogP contribution in [-0.4, -0.2) is 9.66 Å². The number of rotatable bonds is 0. The molecule has 0 bridgehead atoms. The molecule has 0 radical (unpaired) electrons. The molecule has 3 nitrogen and oxygen atoms in total. The van der Waals surface area contributed by atoms with Crippen molar-refractivity contribution in [3.63, 3.8) is 0 Å². The van der Waals surface area contributed by atoms with Crippen molar-refractivity contribution in [3.05, 3.63) is 30.7 Å². The van der Waals surface area contributed by atoms with Crippen LogP contribution in [0.2, 0.25) is 0 Å². The second-order valence-electron chi connectivity index (χ2n) is 2.16. The van der Waals surface area contributed by atoms with Gasteiger partial charge in [0.25, 0.3) is 0 Å². The molecule has 0 atom stereocenters. The van der Waals surface area contributed by atoms with E-state index in [-0.39, 0.29) is 0 Å². The van der Waals surface area contributed by atoms with Crippen LogP contribution in [0.3, 0.4) is 0 Å². The predicted molar refractivity (Wildman–Crippen MR) is 39.9 cm³/mol. The molecule has 3 heteroatoms. The lowest BCUT2D eigenvalue weighted by molar-refractivity contribution is 1.07. The van der Waals surface area contributed by atoms with Gasteiger partial charge in [-0.25, -0.2) is 0 Å². The molecule has 0 spiro atoms. The molecule has 0 unspecified atom stereocenters. The third-order valence-corrected chi connectivity index (χ3v) is 1.52. The zero-order valence-corrected chi connectivity index (χ0v) is 5.36. The molecule has 50 valence electrons. The first kappa shape index (κ1) is 5.29. The SMILES string of the molecule is Nn1ccc2cnccc21. The molecule has 0 saturated carbocycles. The Hall–Kier alpha value is -1.51. The fourth-order valence-electron chi connectivity index (χ4n) is 1.00. The largest absolute Gasteiger partial charge is 0.339 e. The molecular weight excluding hydrogens is 126 g/mol. The van der Waals surface area contributed by atoms with Gasteiger partial charge in [0.1, 0.15) is 0 Å². The molecule has 2 heterocycles. The molecule has 0 aromatic carbocycles. The Balaban J connectivity index is 2.93. The summed E-state index contributed by atoms with van der Waals surface area (Å²) < 4.78 is 1.58. The van der Waals surface area contributed by atoms with Gasteiger partial charge in [0.15, 0.2) is 0 Å². The smallest absolute Gasteiger partial charge is 0.0720 e. The summed E-state index contributed by atoms with van der Waals surface area (Å²) in [5.74, 6) is 5.57. The number of fused-ring (bicyclic) bond motifs is 1. The fourth-order valence-corrected chi connectivity index (χ4v) is 1.00. The van der Waals surface area contributed by atoms with Crippen molar-refractivity contribution in [1.29, 1.82) is 0 Å². The maximum absolute atomic E-state index is 5.57. The molecule has 2 aromatic heterocycles. The Kier molecular flexibility index (Phi) is 0.917. The monoisotopic (exact) mass is 133 g/mol. The van der Waals surface area contributed by atoms with Crippen LogP contribution in [0.1, 0.15) is 0 Å². The topological polar surface area (TPSA) is 43.8 Å². The molecule has 0 aliphatic heterocycles. The van der Waals surface area contributed by atoms with Gasteiger partial charge in [-0.15, -0.1) is 0 Å². The summed E-state index contributed by atoms with van der Waals surface area (Å²) >= 11 is 0. The first-order valence-corrected chi connectivity index (χ1v) is 3.04. The lowest BCUT2D eigenvalue weighted by atomic mass is 10.3. The van der Waals surface area contributed by atoms with E-state index < -0.39 is 0 Å². The summed E-state index contributed by atoms with van der Waals surface area (Å²) in [6.45, 7) is 0. The van der Waals surface area contributed by atoms with E-state index in [4.69, 9.17) is 5.84 Å². The normalized spacial score (nSPS) is 10.4. The molecule has 0 aliphatic carbocycles. The standard InChI is InChI=1S/C7H7N3/c8-10-4-2-6-5-9-3-1-7(6)10/h1-5H,8H2. The van der Waals surface area contributed by atoms with Crippen LogP contribution >= 0.6 is 0 Å². The highest BCUT2D eigenvalue weighted by Crippen LogP contribution is 2.09. The summed E-state index contributed by atoms with van der Waals surface area (Å²) in [6, 6.07) is 3.82. The third-order valence-electron chi connectivity index (χ3n) is 1.52. The number of hydrogen-bond donors (Lipinski definition) is 1. The summed E-state index contributed by atoms with van der Waals surface area (Å²) in [5.41, 5.74) is 1.01. The molecule has 0 amide bonds. The summed E-state index contributed by atoms with van der Waals surface area (Å²) in [7, 11) is 0. The number of aromatic nitrogens is 2. The molecule has 0 fully saturated rings. The fraction of sp³-hybridized carbons (Fsp3) is 0. The van der Waals surface area contributed by atoms with Crippen LogP contribution in [-0.2, 0) is 0 Å².